The lowest BCUT2D eigenvalue weighted by Gasteiger charge is -2.07. The highest BCUT2D eigenvalue weighted by Gasteiger charge is 2.03. The molecule has 2 rings (SSSR count). The Bertz CT molecular complexity index is 532. The number of aromatic nitrogens is 1. The fourth-order valence-electron chi connectivity index (χ4n) is 1.34. The Labute approximate surface area is 110 Å². The molecule has 0 aliphatic heterocycles. The second kappa shape index (κ2) is 6.02. The molecule has 18 heavy (non-hydrogen) atoms. The summed E-state index contributed by atoms with van der Waals surface area (Å²) in [5, 5.41) is 3.25. The molecule has 4 nitrogen and oxygen atoms in total. The van der Waals surface area contributed by atoms with Crippen LogP contribution in [0.25, 0.3) is 0 Å². The molecule has 0 bridgehead atoms. The van der Waals surface area contributed by atoms with Crippen LogP contribution in [0.15, 0.2) is 48.8 Å². The van der Waals surface area contributed by atoms with Gasteiger partial charge in [-0.2, -0.15) is 0 Å². The van der Waals surface area contributed by atoms with E-state index in [9.17, 15) is 4.79 Å². The maximum absolute atomic E-state index is 11.6. The summed E-state index contributed by atoms with van der Waals surface area (Å²) in [5.74, 6) is 0.305. The summed E-state index contributed by atoms with van der Waals surface area (Å²) in [6.45, 7) is -0.0712. The van der Waals surface area contributed by atoms with Gasteiger partial charge in [0.25, 0.3) is 5.91 Å². The van der Waals surface area contributed by atoms with E-state index >= 15 is 0 Å². The van der Waals surface area contributed by atoms with E-state index in [1.54, 1.807) is 48.8 Å². The van der Waals surface area contributed by atoms with Crippen molar-refractivity contribution < 1.29 is 9.53 Å². The number of nitrogens with one attached hydrogen (secondary N) is 1. The maximum Gasteiger partial charge on any atom is 0.262 e. The van der Waals surface area contributed by atoms with Crippen molar-refractivity contribution >= 4 is 23.2 Å². The van der Waals surface area contributed by atoms with Gasteiger partial charge in [-0.1, -0.05) is 17.7 Å². The monoisotopic (exact) mass is 262 g/mol. The standard InChI is InChI=1S/C13H11ClN2O2/c14-10-3-1-4-11(7-10)16-13(17)9-18-12-5-2-6-15-8-12/h1-8H,9H2,(H,16,17). The fraction of sp³-hybridized carbons (Fsp3) is 0.0769. The molecule has 0 aliphatic carbocycles. The van der Waals surface area contributed by atoms with E-state index in [-0.39, 0.29) is 12.5 Å². The van der Waals surface area contributed by atoms with Crippen molar-refractivity contribution in [2.24, 2.45) is 0 Å². The molecule has 1 aromatic carbocycles. The highest BCUT2D eigenvalue weighted by molar-refractivity contribution is 6.30. The van der Waals surface area contributed by atoms with Crippen LogP contribution >= 0.6 is 11.6 Å². The number of hydrogen-bond donors (Lipinski definition) is 1. The summed E-state index contributed by atoms with van der Waals surface area (Å²) in [6.07, 6.45) is 3.19. The van der Waals surface area contributed by atoms with Crippen molar-refractivity contribution in [1.82, 2.24) is 4.98 Å². The van der Waals surface area contributed by atoms with Crippen LogP contribution in [0, 0.1) is 0 Å². The van der Waals surface area contributed by atoms with Gasteiger partial charge in [0.05, 0.1) is 6.20 Å². The van der Waals surface area contributed by atoms with Crippen LogP contribution in [-0.2, 0) is 4.79 Å². The minimum Gasteiger partial charge on any atom is -0.482 e. The number of carbonyl (C=O) groups excluding carboxylic acids is 1. The molecular weight excluding hydrogens is 252 g/mol. The zero-order valence-electron chi connectivity index (χ0n) is 9.47. The summed E-state index contributed by atoms with van der Waals surface area (Å²) in [5.41, 5.74) is 0.641. The van der Waals surface area contributed by atoms with Gasteiger partial charge >= 0.3 is 0 Å². The fourth-order valence-corrected chi connectivity index (χ4v) is 1.53. The van der Waals surface area contributed by atoms with Crippen LogP contribution in [-0.4, -0.2) is 17.5 Å². The third-order valence-electron chi connectivity index (χ3n) is 2.11. The van der Waals surface area contributed by atoms with Crippen molar-refractivity contribution in [2.75, 3.05) is 11.9 Å². The maximum atomic E-state index is 11.6. The Balaban J connectivity index is 1.86. The Morgan fingerprint density at radius 3 is 2.94 bits per heavy atom. The predicted molar refractivity (Wildman–Crippen MR) is 69.8 cm³/mol. The summed E-state index contributed by atoms with van der Waals surface area (Å²) in [7, 11) is 0. The molecule has 0 aliphatic rings. The van der Waals surface area contributed by atoms with Gasteiger partial charge in [0, 0.05) is 16.9 Å². The van der Waals surface area contributed by atoms with Gasteiger partial charge in [0.15, 0.2) is 6.61 Å². The van der Waals surface area contributed by atoms with Crippen molar-refractivity contribution in [3.05, 3.63) is 53.8 Å². The number of anilines is 1. The van der Waals surface area contributed by atoms with Crippen molar-refractivity contribution in [1.29, 1.82) is 0 Å². The average molecular weight is 263 g/mol. The Kier molecular flexibility index (Phi) is 4.15. The average Bonchev–Trinajstić information content (AvgIpc) is 2.38. The second-order valence-electron chi connectivity index (χ2n) is 3.54. The SMILES string of the molecule is O=C(COc1cccnc1)Nc1cccc(Cl)c1. The van der Waals surface area contributed by atoms with E-state index in [4.69, 9.17) is 16.3 Å². The number of amides is 1. The van der Waals surface area contributed by atoms with E-state index in [0.717, 1.165) is 0 Å². The van der Waals surface area contributed by atoms with E-state index in [1.807, 2.05) is 0 Å². The van der Waals surface area contributed by atoms with Crippen LogP contribution in [0.2, 0.25) is 5.02 Å². The van der Waals surface area contributed by atoms with Crippen LogP contribution in [0.3, 0.4) is 0 Å². The molecule has 0 saturated carbocycles. The number of hydrogen-bond acceptors (Lipinski definition) is 3. The number of benzene rings is 1. The van der Waals surface area contributed by atoms with Gasteiger partial charge in [-0.25, -0.2) is 0 Å². The number of carbonyl (C=O) groups is 1. The summed E-state index contributed by atoms with van der Waals surface area (Å²) in [4.78, 5) is 15.5. The zero-order chi connectivity index (χ0) is 12.8. The van der Waals surface area contributed by atoms with E-state index in [2.05, 4.69) is 10.3 Å². The van der Waals surface area contributed by atoms with Gasteiger partial charge in [-0.3, -0.25) is 9.78 Å². The van der Waals surface area contributed by atoms with Gasteiger partial charge in [0.1, 0.15) is 5.75 Å². The third-order valence-corrected chi connectivity index (χ3v) is 2.35. The largest absolute Gasteiger partial charge is 0.482 e. The molecule has 1 amide bonds. The quantitative estimate of drug-likeness (QED) is 0.922. The smallest absolute Gasteiger partial charge is 0.262 e. The van der Waals surface area contributed by atoms with Crippen LogP contribution in [0.4, 0.5) is 5.69 Å². The van der Waals surface area contributed by atoms with Gasteiger partial charge in [0.2, 0.25) is 0 Å². The Morgan fingerprint density at radius 2 is 2.22 bits per heavy atom. The molecule has 0 atom stereocenters. The predicted octanol–water partition coefficient (Wildman–Crippen LogP) is 2.75. The third kappa shape index (κ3) is 3.75. The number of rotatable bonds is 4. The number of halogens is 1. The highest BCUT2D eigenvalue weighted by atomic mass is 35.5. The molecule has 2 aromatic rings. The van der Waals surface area contributed by atoms with Crippen molar-refractivity contribution in [2.45, 2.75) is 0 Å². The van der Waals surface area contributed by atoms with Crippen LogP contribution < -0.4 is 10.1 Å². The Morgan fingerprint density at radius 1 is 1.33 bits per heavy atom. The molecule has 5 heteroatoms. The lowest BCUT2D eigenvalue weighted by molar-refractivity contribution is -0.118. The van der Waals surface area contributed by atoms with Crippen LogP contribution in [0.1, 0.15) is 0 Å². The van der Waals surface area contributed by atoms with Gasteiger partial charge in [-0.05, 0) is 30.3 Å². The van der Waals surface area contributed by atoms with E-state index in [0.29, 0.717) is 16.5 Å². The molecule has 0 fully saturated rings. The van der Waals surface area contributed by atoms with Gasteiger partial charge < -0.3 is 10.1 Å². The summed E-state index contributed by atoms with van der Waals surface area (Å²) >= 11 is 5.81. The minimum absolute atomic E-state index is 0.0712. The molecular formula is C13H11ClN2O2. The van der Waals surface area contributed by atoms with Crippen molar-refractivity contribution in [3.63, 3.8) is 0 Å². The molecule has 0 unspecified atom stereocenters. The molecule has 0 saturated heterocycles. The van der Waals surface area contributed by atoms with Crippen molar-refractivity contribution in [3.8, 4) is 5.75 Å². The normalized spacial score (nSPS) is 9.83. The minimum atomic E-state index is -0.249. The first-order valence-electron chi connectivity index (χ1n) is 5.32. The number of nitrogens with zero attached hydrogens (tertiary/aromatic N) is 1. The molecule has 0 radical (unpaired) electrons. The van der Waals surface area contributed by atoms with E-state index in [1.165, 1.54) is 0 Å². The number of ether oxygens (including phenoxy) is 1. The molecule has 1 aromatic heterocycles. The second-order valence-corrected chi connectivity index (χ2v) is 3.97. The van der Waals surface area contributed by atoms with Crippen LogP contribution in [0.5, 0.6) is 5.75 Å². The molecule has 0 spiro atoms. The number of pyridine rings is 1. The lowest BCUT2D eigenvalue weighted by atomic mass is 10.3. The summed E-state index contributed by atoms with van der Waals surface area (Å²) < 4.78 is 5.26. The molecule has 92 valence electrons. The lowest BCUT2D eigenvalue weighted by Crippen LogP contribution is -2.20. The summed E-state index contributed by atoms with van der Waals surface area (Å²) in [6, 6.07) is 10.4. The Hall–Kier alpha value is -2.07. The highest BCUT2D eigenvalue weighted by Crippen LogP contribution is 2.14. The zero-order valence-corrected chi connectivity index (χ0v) is 10.2. The molecule has 1 heterocycles. The van der Waals surface area contributed by atoms with E-state index < -0.39 is 0 Å². The first-order valence-corrected chi connectivity index (χ1v) is 5.70. The first kappa shape index (κ1) is 12.4. The topological polar surface area (TPSA) is 51.2 Å². The molecule has 1 N–H and O–H groups in total. The first-order chi connectivity index (χ1) is 8.74. The van der Waals surface area contributed by atoms with Gasteiger partial charge in [-0.15, -0.1) is 0 Å².